The van der Waals surface area contributed by atoms with E-state index in [-0.39, 0.29) is 28.4 Å². The van der Waals surface area contributed by atoms with Crippen molar-refractivity contribution in [1.29, 1.82) is 0 Å². The lowest BCUT2D eigenvalue weighted by molar-refractivity contribution is -0.124. The Labute approximate surface area is 258 Å². The molecule has 1 aromatic heterocycles. The molecule has 0 spiro atoms. The summed E-state index contributed by atoms with van der Waals surface area (Å²) in [5.74, 6) is 1.54. The minimum Gasteiger partial charge on any atom is -0.493 e. The highest BCUT2D eigenvalue weighted by Gasteiger charge is 2.49. The number of halogens is 1. The third-order valence-corrected chi connectivity index (χ3v) is 8.70. The molecule has 7 heteroatoms. The van der Waals surface area contributed by atoms with Gasteiger partial charge in [0.05, 0.1) is 29.4 Å². The first kappa shape index (κ1) is 29.2. The molecule has 2 heterocycles. The summed E-state index contributed by atoms with van der Waals surface area (Å²) in [5, 5.41) is 5.77. The predicted octanol–water partition coefficient (Wildman–Crippen LogP) is 8.63. The molecular formula is C36H38ClN3O3. The number of carbonyl (C=O) groups is 1. The molecule has 3 aromatic carbocycles. The lowest BCUT2D eigenvalue weighted by Gasteiger charge is -2.41. The van der Waals surface area contributed by atoms with E-state index in [2.05, 4.69) is 40.7 Å². The van der Waals surface area contributed by atoms with Gasteiger partial charge < -0.3 is 9.47 Å². The van der Waals surface area contributed by atoms with Crippen LogP contribution in [0.4, 0.5) is 5.82 Å². The second-order valence-corrected chi connectivity index (χ2v) is 13.8. The second-order valence-electron chi connectivity index (χ2n) is 13.4. The van der Waals surface area contributed by atoms with Gasteiger partial charge >= 0.3 is 0 Å². The molecule has 6 rings (SSSR count). The number of nitrogens with zero attached hydrogens (tertiary/aromatic N) is 3. The molecule has 1 saturated carbocycles. The zero-order chi connectivity index (χ0) is 30.5. The van der Waals surface area contributed by atoms with Gasteiger partial charge in [0, 0.05) is 29.0 Å². The molecule has 0 amide bonds. The van der Waals surface area contributed by atoms with E-state index in [4.69, 9.17) is 31.2 Å². The van der Waals surface area contributed by atoms with E-state index < -0.39 is 0 Å². The Hall–Kier alpha value is -3.90. The maximum Gasteiger partial charge on any atom is 0.161 e. The standard InChI is InChI=1S/C36H38ClN3O3/c1-35(2,3)33-32-30(23-16-17-28(42-6)29(18-23)43-21-22-12-8-7-9-13-22)31-25(19-36(4,5)20-27(31)41)38-34(32)40(39-33)26-15-11-10-14-24(26)37/h7-18,30-31H,19-21H2,1-6H3. The van der Waals surface area contributed by atoms with Crippen molar-refractivity contribution in [2.24, 2.45) is 16.3 Å². The van der Waals surface area contributed by atoms with E-state index in [0.29, 0.717) is 29.5 Å². The molecule has 2 aliphatic rings. The Morgan fingerprint density at radius 2 is 1.67 bits per heavy atom. The molecule has 1 aliphatic heterocycles. The Morgan fingerprint density at radius 3 is 2.37 bits per heavy atom. The molecular weight excluding hydrogens is 558 g/mol. The fraction of sp³-hybridized carbons (Fsp3) is 0.361. The van der Waals surface area contributed by atoms with E-state index in [0.717, 1.165) is 46.0 Å². The van der Waals surface area contributed by atoms with Crippen LogP contribution in [0.3, 0.4) is 0 Å². The quantitative estimate of drug-likeness (QED) is 0.224. The van der Waals surface area contributed by atoms with Crippen molar-refractivity contribution in [2.75, 3.05) is 7.11 Å². The number of hydrogen-bond acceptors (Lipinski definition) is 5. The molecule has 4 aromatic rings. The number of para-hydroxylation sites is 1. The summed E-state index contributed by atoms with van der Waals surface area (Å²) in [6, 6.07) is 23.8. The van der Waals surface area contributed by atoms with Gasteiger partial charge in [0.15, 0.2) is 17.3 Å². The first-order chi connectivity index (χ1) is 20.5. The number of fused-ring (bicyclic) bond motifs is 2. The molecule has 0 N–H and O–H groups in total. The van der Waals surface area contributed by atoms with Gasteiger partial charge in [0.2, 0.25) is 0 Å². The number of carbonyl (C=O) groups excluding carboxylic acids is 1. The van der Waals surface area contributed by atoms with Crippen LogP contribution in [-0.2, 0) is 16.8 Å². The van der Waals surface area contributed by atoms with Gasteiger partial charge in [-0.15, -0.1) is 0 Å². The normalized spacial score (nSPS) is 19.3. The monoisotopic (exact) mass is 595 g/mol. The largest absolute Gasteiger partial charge is 0.493 e. The molecule has 0 radical (unpaired) electrons. The first-order valence-electron chi connectivity index (χ1n) is 14.8. The molecule has 1 aliphatic carbocycles. The lowest BCUT2D eigenvalue weighted by Crippen LogP contribution is -2.42. The topological polar surface area (TPSA) is 65.7 Å². The number of hydrogen-bond donors (Lipinski definition) is 0. The molecule has 2 unspecified atom stereocenters. The van der Waals surface area contributed by atoms with E-state index in [1.807, 2.05) is 71.4 Å². The van der Waals surface area contributed by atoms with Gasteiger partial charge in [-0.25, -0.2) is 9.67 Å². The van der Waals surface area contributed by atoms with Crippen LogP contribution < -0.4 is 9.47 Å². The first-order valence-corrected chi connectivity index (χ1v) is 15.2. The third kappa shape index (κ3) is 5.49. The SMILES string of the molecule is COc1ccc(C2c3c(C(C)(C)C)nn(-c4ccccc4Cl)c3N=C3CC(C)(C)CC(=O)C32)cc1OCc1ccccc1. The summed E-state index contributed by atoms with van der Waals surface area (Å²) < 4.78 is 13.9. The average molecular weight is 596 g/mol. The third-order valence-electron chi connectivity index (χ3n) is 8.38. The Bertz CT molecular complexity index is 1720. The van der Waals surface area contributed by atoms with Crippen molar-refractivity contribution in [2.45, 2.75) is 65.4 Å². The van der Waals surface area contributed by atoms with Gasteiger partial charge in [-0.1, -0.05) is 94.8 Å². The highest BCUT2D eigenvalue weighted by Crippen LogP contribution is 2.53. The maximum atomic E-state index is 14.1. The summed E-state index contributed by atoms with van der Waals surface area (Å²) in [6.07, 6.45) is 1.23. The van der Waals surface area contributed by atoms with Crippen molar-refractivity contribution in [1.82, 2.24) is 9.78 Å². The van der Waals surface area contributed by atoms with Gasteiger partial charge in [0.1, 0.15) is 12.4 Å². The Kier molecular flexibility index (Phi) is 7.45. The predicted molar refractivity (Wildman–Crippen MR) is 171 cm³/mol. The highest BCUT2D eigenvalue weighted by atomic mass is 35.5. The molecule has 6 nitrogen and oxygen atoms in total. The number of aromatic nitrogens is 2. The van der Waals surface area contributed by atoms with Crippen LogP contribution in [0.1, 0.15) is 75.8 Å². The van der Waals surface area contributed by atoms with E-state index in [9.17, 15) is 4.79 Å². The zero-order valence-electron chi connectivity index (χ0n) is 25.6. The minimum absolute atomic E-state index is 0.180. The van der Waals surface area contributed by atoms with E-state index in [1.54, 1.807) is 7.11 Å². The summed E-state index contributed by atoms with van der Waals surface area (Å²) in [4.78, 5) is 19.3. The van der Waals surface area contributed by atoms with Gasteiger partial charge in [-0.3, -0.25) is 4.79 Å². The fourth-order valence-electron chi connectivity index (χ4n) is 6.47. The molecule has 43 heavy (non-hydrogen) atoms. The molecule has 222 valence electrons. The van der Waals surface area contributed by atoms with Crippen LogP contribution in [-0.4, -0.2) is 28.4 Å². The summed E-state index contributed by atoms with van der Waals surface area (Å²) in [7, 11) is 1.64. The molecule has 0 bridgehead atoms. The Balaban J connectivity index is 1.57. The second kappa shape index (κ2) is 11.0. The van der Waals surface area contributed by atoms with Crippen LogP contribution in [0.2, 0.25) is 5.02 Å². The van der Waals surface area contributed by atoms with Crippen molar-refractivity contribution in [3.8, 4) is 17.2 Å². The van der Waals surface area contributed by atoms with Crippen LogP contribution in [0, 0.1) is 11.3 Å². The van der Waals surface area contributed by atoms with Crippen LogP contribution in [0.15, 0.2) is 77.8 Å². The number of benzene rings is 3. The smallest absolute Gasteiger partial charge is 0.161 e. The fourth-order valence-corrected chi connectivity index (χ4v) is 6.69. The number of ketones is 1. The maximum absolute atomic E-state index is 14.1. The summed E-state index contributed by atoms with van der Waals surface area (Å²) in [6.45, 7) is 11.1. The molecule has 2 atom stereocenters. The summed E-state index contributed by atoms with van der Waals surface area (Å²) in [5.41, 5.74) is 5.06. The van der Waals surface area contributed by atoms with Crippen LogP contribution in [0.25, 0.3) is 5.69 Å². The number of methoxy groups -OCH3 is 1. The van der Waals surface area contributed by atoms with Gasteiger partial charge in [-0.2, -0.15) is 5.10 Å². The van der Waals surface area contributed by atoms with Crippen molar-refractivity contribution >= 4 is 28.9 Å². The van der Waals surface area contributed by atoms with Crippen molar-refractivity contribution in [3.63, 3.8) is 0 Å². The number of aliphatic imine (C=N–C) groups is 1. The number of ether oxygens (including phenoxy) is 2. The Morgan fingerprint density at radius 1 is 0.953 bits per heavy atom. The van der Waals surface area contributed by atoms with Crippen molar-refractivity contribution in [3.05, 3.63) is 100 Å². The minimum atomic E-state index is -0.388. The zero-order valence-corrected chi connectivity index (χ0v) is 26.4. The van der Waals surface area contributed by atoms with E-state index >= 15 is 0 Å². The number of Topliss-reactive ketones (excluding diaryl/α,β-unsaturated/α-hetero) is 1. The van der Waals surface area contributed by atoms with Gasteiger partial charge in [-0.05, 0) is 47.2 Å². The molecule has 1 fully saturated rings. The average Bonchev–Trinajstić information content (AvgIpc) is 3.34. The van der Waals surface area contributed by atoms with Gasteiger partial charge in [0.25, 0.3) is 0 Å². The molecule has 0 saturated heterocycles. The highest BCUT2D eigenvalue weighted by molar-refractivity contribution is 6.32. The summed E-state index contributed by atoms with van der Waals surface area (Å²) >= 11 is 6.73. The van der Waals surface area contributed by atoms with Crippen molar-refractivity contribution < 1.29 is 14.3 Å². The van der Waals surface area contributed by atoms with Crippen LogP contribution >= 0.6 is 11.6 Å². The van der Waals surface area contributed by atoms with Crippen LogP contribution in [0.5, 0.6) is 11.5 Å². The van der Waals surface area contributed by atoms with E-state index in [1.165, 1.54) is 0 Å². The lowest BCUT2D eigenvalue weighted by atomic mass is 9.63. The number of rotatable bonds is 6.